The van der Waals surface area contributed by atoms with Gasteiger partial charge in [-0.05, 0) is 12.1 Å². The van der Waals surface area contributed by atoms with E-state index in [4.69, 9.17) is 5.11 Å². The van der Waals surface area contributed by atoms with E-state index in [9.17, 15) is 27.2 Å². The van der Waals surface area contributed by atoms with Crippen LogP contribution in [0.1, 0.15) is 0 Å². The average molecular weight is 392 g/mol. The molecule has 0 saturated heterocycles. The number of carbonyl (C=O) groups excluding carboxylic acids is 2. The van der Waals surface area contributed by atoms with Crippen molar-refractivity contribution in [3.8, 4) is 5.75 Å². The van der Waals surface area contributed by atoms with Crippen molar-refractivity contribution in [3.63, 3.8) is 0 Å². The summed E-state index contributed by atoms with van der Waals surface area (Å²) in [5.74, 6) is -2.70. The third kappa shape index (κ3) is 5.09. The molecule has 0 aliphatic carbocycles. The van der Waals surface area contributed by atoms with Crippen molar-refractivity contribution in [1.82, 2.24) is 4.90 Å². The predicted molar refractivity (Wildman–Crippen MR) is 84.3 cm³/mol. The van der Waals surface area contributed by atoms with Crippen molar-refractivity contribution in [2.24, 2.45) is 0 Å². The van der Waals surface area contributed by atoms with Crippen LogP contribution in [0.2, 0.25) is 0 Å². The van der Waals surface area contributed by atoms with E-state index in [-0.39, 0.29) is 42.4 Å². The van der Waals surface area contributed by atoms with Crippen molar-refractivity contribution in [1.29, 1.82) is 0 Å². The number of hydrogen-bond acceptors (Lipinski definition) is 6. The lowest BCUT2D eigenvalue weighted by atomic mass is 10.2. The number of nitrogens with one attached hydrogen (secondary N) is 1. The van der Waals surface area contributed by atoms with E-state index in [0.717, 1.165) is 30.2 Å². The zero-order chi connectivity index (χ0) is 20.2. The lowest BCUT2D eigenvalue weighted by molar-refractivity contribution is -0.153. The van der Waals surface area contributed by atoms with E-state index in [1.165, 1.54) is 0 Å². The number of amides is 1. The van der Waals surface area contributed by atoms with Crippen LogP contribution in [-0.4, -0.2) is 61.5 Å². The van der Waals surface area contributed by atoms with Gasteiger partial charge >= 0.3 is 12.1 Å². The molecule has 1 aliphatic rings. The number of aliphatic hydroxyl groups excluding tert-OH is 1. The molecule has 1 aromatic rings. The zero-order valence-electron chi connectivity index (χ0n) is 14.1. The summed E-state index contributed by atoms with van der Waals surface area (Å²) in [6.07, 6.45) is -4.62. The molecule has 11 heteroatoms. The number of benzene rings is 1. The van der Waals surface area contributed by atoms with Crippen molar-refractivity contribution in [2.45, 2.75) is 6.18 Å². The predicted octanol–water partition coefficient (Wildman–Crippen LogP) is 1.44. The molecule has 1 amide bonds. The Balaban J connectivity index is 2.36. The van der Waals surface area contributed by atoms with Gasteiger partial charge in [0.25, 0.3) is 5.91 Å². The second kappa shape index (κ2) is 8.25. The van der Waals surface area contributed by atoms with Crippen LogP contribution in [0.5, 0.6) is 5.75 Å². The van der Waals surface area contributed by atoms with Gasteiger partial charge in [-0.3, -0.25) is 4.79 Å². The Hall–Kier alpha value is -2.82. The summed E-state index contributed by atoms with van der Waals surface area (Å²) in [4.78, 5) is 25.4. The van der Waals surface area contributed by atoms with Crippen LogP contribution in [0, 0.1) is 5.82 Å². The summed E-state index contributed by atoms with van der Waals surface area (Å²) in [7, 11) is 1.09. The summed E-state index contributed by atoms with van der Waals surface area (Å²) < 4.78 is 60.0. The molecule has 1 aliphatic heterocycles. The monoisotopic (exact) mass is 392 g/mol. The maximum absolute atomic E-state index is 13.6. The Labute approximate surface area is 151 Å². The fourth-order valence-electron chi connectivity index (χ4n) is 2.37. The van der Waals surface area contributed by atoms with Gasteiger partial charge in [-0.25, -0.2) is 9.18 Å². The van der Waals surface area contributed by atoms with Crippen molar-refractivity contribution < 1.29 is 41.7 Å². The Morgan fingerprint density at radius 3 is 2.67 bits per heavy atom. The summed E-state index contributed by atoms with van der Waals surface area (Å²) in [6, 6.07) is 2.68. The van der Waals surface area contributed by atoms with Crippen LogP contribution < -0.4 is 10.1 Å². The second-order valence-electron chi connectivity index (χ2n) is 5.46. The quantitative estimate of drug-likeness (QED) is 0.539. The van der Waals surface area contributed by atoms with E-state index in [1.807, 2.05) is 0 Å². The number of esters is 1. The van der Waals surface area contributed by atoms with E-state index in [1.54, 1.807) is 0 Å². The molecular formula is C16H16F4N2O5. The third-order valence-corrected chi connectivity index (χ3v) is 3.55. The molecule has 1 heterocycles. The molecular weight excluding hydrogens is 376 g/mol. The standard InChI is InChI=1S/C16H16F4N2O5/c1-26-15(25)10-7-22(4-5-23)14(24)13(10)21-11-6-9(17)2-3-12(11)27-8-16(18,19)20/h2-3,6,21,23H,4-5,7-8H2,1H3. The minimum Gasteiger partial charge on any atom is -0.482 e. The molecule has 7 nitrogen and oxygen atoms in total. The van der Waals surface area contributed by atoms with Gasteiger partial charge in [0.15, 0.2) is 6.61 Å². The Bertz CT molecular complexity index is 764. The molecule has 148 valence electrons. The van der Waals surface area contributed by atoms with Crippen LogP contribution in [0.15, 0.2) is 29.5 Å². The molecule has 0 spiro atoms. The van der Waals surface area contributed by atoms with Crippen molar-refractivity contribution in [3.05, 3.63) is 35.3 Å². The Morgan fingerprint density at radius 2 is 2.07 bits per heavy atom. The number of anilines is 1. The zero-order valence-corrected chi connectivity index (χ0v) is 14.1. The first kappa shape index (κ1) is 20.5. The maximum atomic E-state index is 13.6. The minimum absolute atomic E-state index is 0.0783. The highest BCUT2D eigenvalue weighted by Crippen LogP contribution is 2.31. The number of rotatable bonds is 7. The summed E-state index contributed by atoms with van der Waals surface area (Å²) >= 11 is 0. The molecule has 2 N–H and O–H groups in total. The minimum atomic E-state index is -4.62. The SMILES string of the molecule is COC(=O)C1=C(Nc2cc(F)ccc2OCC(F)(F)F)C(=O)N(CCO)C1. The molecule has 0 saturated carbocycles. The smallest absolute Gasteiger partial charge is 0.422 e. The number of methoxy groups -OCH3 is 1. The normalized spacial score (nSPS) is 14.6. The maximum Gasteiger partial charge on any atom is 0.422 e. The highest BCUT2D eigenvalue weighted by atomic mass is 19.4. The van der Waals surface area contributed by atoms with Gasteiger partial charge in [0.2, 0.25) is 0 Å². The van der Waals surface area contributed by atoms with E-state index in [0.29, 0.717) is 0 Å². The first-order chi connectivity index (χ1) is 12.7. The van der Waals surface area contributed by atoms with Gasteiger partial charge < -0.3 is 24.8 Å². The number of hydrogen-bond donors (Lipinski definition) is 2. The molecule has 0 fully saturated rings. The van der Waals surface area contributed by atoms with Crippen LogP contribution in [0.4, 0.5) is 23.2 Å². The summed E-state index contributed by atoms with van der Waals surface area (Å²) in [5.41, 5.74) is -0.672. The van der Waals surface area contributed by atoms with Crippen LogP contribution in [0.3, 0.4) is 0 Å². The molecule has 0 bridgehead atoms. The topological polar surface area (TPSA) is 88.1 Å². The Kier molecular flexibility index (Phi) is 6.26. The number of β-amino-alcohol motifs (C(OH)–C–C–N with tert-alkyl or cyclic N) is 1. The average Bonchev–Trinajstić information content (AvgIpc) is 2.89. The highest BCUT2D eigenvalue weighted by Gasteiger charge is 2.35. The second-order valence-corrected chi connectivity index (χ2v) is 5.46. The van der Waals surface area contributed by atoms with Crippen LogP contribution in [0.25, 0.3) is 0 Å². The number of nitrogens with zero attached hydrogens (tertiary/aromatic N) is 1. The highest BCUT2D eigenvalue weighted by molar-refractivity contribution is 6.08. The fraction of sp³-hybridized carbons (Fsp3) is 0.375. The van der Waals surface area contributed by atoms with Crippen LogP contribution in [-0.2, 0) is 14.3 Å². The molecule has 27 heavy (non-hydrogen) atoms. The van der Waals surface area contributed by atoms with Gasteiger partial charge in [-0.2, -0.15) is 13.2 Å². The van der Waals surface area contributed by atoms with Gasteiger partial charge in [0, 0.05) is 12.6 Å². The van der Waals surface area contributed by atoms with Gasteiger partial charge in [0.05, 0.1) is 31.5 Å². The van der Waals surface area contributed by atoms with Gasteiger partial charge in [-0.1, -0.05) is 0 Å². The molecule has 0 aromatic heterocycles. The summed E-state index contributed by atoms with van der Waals surface area (Å²) in [6.45, 7) is -2.25. The molecule has 2 rings (SSSR count). The molecule has 1 aromatic carbocycles. The third-order valence-electron chi connectivity index (χ3n) is 3.55. The Morgan fingerprint density at radius 1 is 1.37 bits per heavy atom. The van der Waals surface area contributed by atoms with E-state index >= 15 is 0 Å². The lowest BCUT2D eigenvalue weighted by Gasteiger charge is -2.17. The summed E-state index contributed by atoms with van der Waals surface area (Å²) in [5, 5.41) is 11.5. The largest absolute Gasteiger partial charge is 0.482 e. The molecule has 0 unspecified atom stereocenters. The van der Waals surface area contributed by atoms with Crippen LogP contribution >= 0.6 is 0 Å². The lowest BCUT2D eigenvalue weighted by Crippen LogP contribution is -2.31. The first-order valence-corrected chi connectivity index (χ1v) is 7.64. The van der Waals surface area contributed by atoms with E-state index in [2.05, 4.69) is 14.8 Å². The van der Waals surface area contributed by atoms with E-state index < -0.39 is 30.5 Å². The van der Waals surface area contributed by atoms with Gasteiger partial charge in [0.1, 0.15) is 17.3 Å². The number of alkyl halides is 3. The number of carbonyl (C=O) groups is 2. The fourth-order valence-corrected chi connectivity index (χ4v) is 2.37. The molecule has 0 atom stereocenters. The number of aliphatic hydroxyl groups is 1. The van der Waals surface area contributed by atoms with Crippen molar-refractivity contribution in [2.75, 3.05) is 38.7 Å². The number of halogens is 4. The van der Waals surface area contributed by atoms with Crippen molar-refractivity contribution >= 4 is 17.6 Å². The number of ether oxygens (including phenoxy) is 2. The first-order valence-electron chi connectivity index (χ1n) is 7.64. The molecule has 0 radical (unpaired) electrons. The van der Waals surface area contributed by atoms with Gasteiger partial charge in [-0.15, -0.1) is 0 Å².